The number of nitrogens with one attached hydrogen (secondary N) is 2. The van der Waals surface area contributed by atoms with Crippen molar-refractivity contribution in [2.75, 3.05) is 32.1 Å². The second kappa shape index (κ2) is 13.4. The molecule has 1 heterocycles. The number of thiazole rings is 1. The molecular weight excluding hydrogens is 523 g/mol. The molecule has 0 radical (unpaired) electrons. The number of ether oxygens (including phenoxy) is 1. The smallest absolute Gasteiger partial charge is 0.254 e. The van der Waals surface area contributed by atoms with Gasteiger partial charge in [0.25, 0.3) is 5.91 Å². The number of aromatic nitrogens is 1. The Hall–Kier alpha value is -2.98. The van der Waals surface area contributed by atoms with Crippen molar-refractivity contribution in [1.29, 1.82) is 0 Å². The van der Waals surface area contributed by atoms with Crippen LogP contribution in [-0.2, 0) is 20.7 Å². The third-order valence-electron chi connectivity index (χ3n) is 5.17. The van der Waals surface area contributed by atoms with Crippen LogP contribution in [0.15, 0.2) is 53.9 Å². The lowest BCUT2D eigenvalue weighted by Gasteiger charge is -2.22. The Morgan fingerprint density at radius 2 is 1.83 bits per heavy atom. The number of carbonyl (C=O) groups is 3. The number of benzene rings is 2. The molecule has 2 aromatic carbocycles. The average molecular weight is 549 g/mol. The maximum Gasteiger partial charge on any atom is 0.254 e. The van der Waals surface area contributed by atoms with Crippen LogP contribution >= 0.6 is 34.5 Å². The van der Waals surface area contributed by atoms with Crippen LogP contribution in [-0.4, -0.2) is 54.4 Å². The zero-order valence-electron chi connectivity index (χ0n) is 19.8. The highest BCUT2D eigenvalue weighted by atomic mass is 35.5. The first-order valence-electron chi connectivity index (χ1n) is 11.1. The van der Waals surface area contributed by atoms with Gasteiger partial charge >= 0.3 is 0 Å². The third-order valence-corrected chi connectivity index (χ3v) is 6.72. The van der Waals surface area contributed by atoms with E-state index in [2.05, 4.69) is 15.6 Å². The first-order valence-corrected chi connectivity index (χ1v) is 12.7. The molecule has 8 nitrogen and oxygen atoms in total. The van der Waals surface area contributed by atoms with Gasteiger partial charge in [-0.1, -0.05) is 53.5 Å². The Morgan fingerprint density at radius 1 is 1.08 bits per heavy atom. The number of hydrogen-bond donors (Lipinski definition) is 2. The average Bonchev–Trinajstić information content (AvgIpc) is 3.29. The summed E-state index contributed by atoms with van der Waals surface area (Å²) in [5.41, 5.74) is 1.85. The zero-order chi connectivity index (χ0) is 26.1. The zero-order valence-corrected chi connectivity index (χ0v) is 22.1. The van der Waals surface area contributed by atoms with Gasteiger partial charge in [0.05, 0.1) is 34.8 Å². The van der Waals surface area contributed by atoms with Gasteiger partial charge in [-0.2, -0.15) is 0 Å². The van der Waals surface area contributed by atoms with E-state index in [1.165, 1.54) is 35.5 Å². The second-order valence-electron chi connectivity index (χ2n) is 7.92. The van der Waals surface area contributed by atoms with E-state index in [0.717, 1.165) is 5.56 Å². The van der Waals surface area contributed by atoms with Gasteiger partial charge < -0.3 is 20.3 Å². The number of rotatable bonds is 11. The molecule has 0 saturated carbocycles. The fourth-order valence-electron chi connectivity index (χ4n) is 3.33. The Labute approximate surface area is 223 Å². The minimum absolute atomic E-state index is 0.0827. The topological polar surface area (TPSA) is 101 Å². The highest BCUT2D eigenvalue weighted by molar-refractivity contribution is 7.13. The molecule has 0 aliphatic rings. The number of carbonyl (C=O) groups excluding carboxylic acids is 3. The summed E-state index contributed by atoms with van der Waals surface area (Å²) in [4.78, 5) is 43.7. The molecule has 0 aliphatic heterocycles. The number of nitrogens with zero attached hydrogens (tertiary/aromatic N) is 2. The van der Waals surface area contributed by atoms with Gasteiger partial charge in [0.15, 0.2) is 5.13 Å². The third kappa shape index (κ3) is 8.03. The molecule has 190 valence electrons. The van der Waals surface area contributed by atoms with Gasteiger partial charge in [-0.15, -0.1) is 11.3 Å². The molecule has 3 amide bonds. The largest absolute Gasteiger partial charge is 0.383 e. The Kier molecular flexibility index (Phi) is 10.2. The van der Waals surface area contributed by atoms with Gasteiger partial charge in [0, 0.05) is 24.6 Å². The van der Waals surface area contributed by atoms with Crippen LogP contribution in [0.2, 0.25) is 10.0 Å². The fourth-order valence-corrected chi connectivity index (χ4v) is 4.35. The summed E-state index contributed by atoms with van der Waals surface area (Å²) < 4.78 is 5.08. The molecule has 11 heteroatoms. The van der Waals surface area contributed by atoms with Crippen molar-refractivity contribution < 1.29 is 19.1 Å². The molecule has 3 aromatic rings. The summed E-state index contributed by atoms with van der Waals surface area (Å²) in [5.74, 6) is -0.986. The SMILES string of the molecule is COCCN(CC(=O)Nc1nc(CC(=O)NC(C)c2ccccc2)cs1)C(=O)c1ccc(Cl)c(Cl)c1. The van der Waals surface area contributed by atoms with Crippen molar-refractivity contribution in [3.8, 4) is 0 Å². The van der Waals surface area contributed by atoms with E-state index in [4.69, 9.17) is 27.9 Å². The minimum atomic E-state index is -0.428. The van der Waals surface area contributed by atoms with E-state index in [9.17, 15) is 14.4 Å². The quantitative estimate of drug-likeness (QED) is 0.364. The lowest BCUT2D eigenvalue weighted by molar-refractivity contribution is -0.121. The number of anilines is 1. The molecule has 36 heavy (non-hydrogen) atoms. The van der Waals surface area contributed by atoms with E-state index in [1.54, 1.807) is 11.4 Å². The maximum atomic E-state index is 12.9. The van der Waals surface area contributed by atoms with Gasteiger partial charge in [0.1, 0.15) is 6.54 Å². The number of amides is 3. The van der Waals surface area contributed by atoms with Crippen LogP contribution in [0, 0.1) is 0 Å². The monoisotopic (exact) mass is 548 g/mol. The summed E-state index contributed by atoms with van der Waals surface area (Å²) in [6.45, 7) is 2.14. The van der Waals surface area contributed by atoms with Crippen LogP contribution in [0.1, 0.15) is 34.6 Å². The highest BCUT2D eigenvalue weighted by Crippen LogP contribution is 2.23. The molecule has 2 N–H and O–H groups in total. The van der Waals surface area contributed by atoms with Crippen LogP contribution in [0.3, 0.4) is 0 Å². The molecule has 1 aromatic heterocycles. The van der Waals surface area contributed by atoms with Crippen LogP contribution in [0.25, 0.3) is 0 Å². The Bertz CT molecular complexity index is 1210. The predicted octanol–water partition coefficient (Wildman–Crippen LogP) is 4.60. The van der Waals surface area contributed by atoms with Crippen LogP contribution in [0.5, 0.6) is 0 Å². The van der Waals surface area contributed by atoms with E-state index in [-0.39, 0.29) is 49.0 Å². The Balaban J connectivity index is 1.57. The molecule has 0 aliphatic carbocycles. The Morgan fingerprint density at radius 3 is 2.53 bits per heavy atom. The van der Waals surface area contributed by atoms with Gasteiger partial charge in [-0.3, -0.25) is 14.4 Å². The van der Waals surface area contributed by atoms with Crippen molar-refractivity contribution in [2.24, 2.45) is 0 Å². The first-order chi connectivity index (χ1) is 17.3. The molecule has 1 unspecified atom stereocenters. The van der Waals surface area contributed by atoms with Crippen molar-refractivity contribution in [3.05, 3.63) is 80.8 Å². The van der Waals surface area contributed by atoms with Gasteiger partial charge in [-0.25, -0.2) is 4.98 Å². The van der Waals surface area contributed by atoms with E-state index in [1.807, 2.05) is 37.3 Å². The van der Waals surface area contributed by atoms with Crippen molar-refractivity contribution in [2.45, 2.75) is 19.4 Å². The molecule has 0 bridgehead atoms. The molecule has 3 rings (SSSR count). The highest BCUT2D eigenvalue weighted by Gasteiger charge is 2.20. The predicted molar refractivity (Wildman–Crippen MR) is 142 cm³/mol. The molecular formula is C25H26Cl2N4O4S. The lowest BCUT2D eigenvalue weighted by Crippen LogP contribution is -2.40. The standard InChI is InChI=1S/C25H26Cl2N4O4S/c1-16(17-6-4-3-5-7-17)28-22(32)13-19-15-36-25(29-19)30-23(33)14-31(10-11-35-2)24(34)18-8-9-20(26)21(27)12-18/h3-9,12,15-16H,10-11,13-14H2,1-2H3,(H,28,32)(H,29,30,33). The van der Waals surface area contributed by atoms with Gasteiger partial charge in [0.2, 0.25) is 11.8 Å². The van der Waals surface area contributed by atoms with Crippen LogP contribution in [0.4, 0.5) is 5.13 Å². The summed E-state index contributed by atoms with van der Waals surface area (Å²) in [7, 11) is 1.51. The lowest BCUT2D eigenvalue weighted by atomic mass is 10.1. The van der Waals surface area contributed by atoms with E-state index < -0.39 is 5.91 Å². The van der Waals surface area contributed by atoms with E-state index in [0.29, 0.717) is 21.4 Å². The van der Waals surface area contributed by atoms with Crippen molar-refractivity contribution >= 4 is 57.4 Å². The fraction of sp³-hybridized carbons (Fsp3) is 0.280. The summed E-state index contributed by atoms with van der Waals surface area (Å²) in [6.07, 6.45) is 0.0827. The first kappa shape index (κ1) is 27.6. The molecule has 0 fully saturated rings. The summed E-state index contributed by atoms with van der Waals surface area (Å²) in [5, 5.41) is 8.26. The number of hydrogen-bond acceptors (Lipinski definition) is 6. The number of halogens is 2. The second-order valence-corrected chi connectivity index (χ2v) is 9.59. The molecule has 1 atom stereocenters. The summed E-state index contributed by atoms with van der Waals surface area (Å²) in [6, 6.07) is 14.0. The normalized spacial score (nSPS) is 11.6. The minimum Gasteiger partial charge on any atom is -0.383 e. The van der Waals surface area contributed by atoms with Gasteiger partial charge in [-0.05, 0) is 30.7 Å². The molecule has 0 spiro atoms. The van der Waals surface area contributed by atoms with Crippen LogP contribution < -0.4 is 10.6 Å². The molecule has 0 saturated heterocycles. The van der Waals surface area contributed by atoms with Crippen molar-refractivity contribution in [3.63, 3.8) is 0 Å². The van der Waals surface area contributed by atoms with Crippen molar-refractivity contribution in [1.82, 2.24) is 15.2 Å². The van der Waals surface area contributed by atoms with E-state index >= 15 is 0 Å². The maximum absolute atomic E-state index is 12.9. The summed E-state index contributed by atoms with van der Waals surface area (Å²) >= 11 is 13.2. The number of methoxy groups -OCH3 is 1.